The lowest BCUT2D eigenvalue weighted by Crippen LogP contribution is -2.38. The monoisotopic (exact) mass is 355 g/mol. The van der Waals surface area contributed by atoms with Gasteiger partial charge in [-0.2, -0.15) is 0 Å². The average molecular weight is 356 g/mol. The molecule has 1 heterocycles. The first kappa shape index (κ1) is 18.1. The van der Waals surface area contributed by atoms with Gasteiger partial charge in [0.15, 0.2) is 0 Å². The Morgan fingerprint density at radius 3 is 2.78 bits per heavy atom. The van der Waals surface area contributed by atoms with Gasteiger partial charge >= 0.3 is 0 Å². The number of rotatable bonds is 7. The lowest BCUT2D eigenvalue weighted by molar-refractivity contribution is -0.127. The van der Waals surface area contributed by atoms with Gasteiger partial charge in [-0.25, -0.2) is 0 Å². The molecule has 0 bridgehead atoms. The predicted molar refractivity (Wildman–Crippen MR) is 97.5 cm³/mol. The Labute approximate surface area is 147 Å². The molecule has 0 aromatic heterocycles. The number of carbonyl (C=O) groups excluding carboxylic acids is 1. The molecule has 1 aliphatic rings. The number of nitrogens with zero attached hydrogens (tertiary/aromatic N) is 2. The molecular formula is C17H23Cl2N3O. The standard InChI is InChI=1S/C17H23Cl2N3O/c1-2-3-4-5-6-7-16(23)22-11-10-20-17(22)21-15-9-8-13(18)12-14(15)19/h8-9,12H,2-7,10-11H2,1H3,(H,20,21). The molecule has 1 aromatic rings. The second-order valence-electron chi connectivity index (χ2n) is 5.66. The molecule has 1 amide bonds. The molecule has 1 aliphatic heterocycles. The third kappa shape index (κ3) is 5.40. The number of carbonyl (C=O) groups is 1. The minimum Gasteiger partial charge on any atom is -0.325 e. The number of guanidine groups is 1. The van der Waals surface area contributed by atoms with Crippen LogP contribution < -0.4 is 5.32 Å². The van der Waals surface area contributed by atoms with Crippen molar-refractivity contribution in [2.24, 2.45) is 4.99 Å². The van der Waals surface area contributed by atoms with Crippen LogP contribution in [0.1, 0.15) is 45.4 Å². The fraction of sp³-hybridized carbons (Fsp3) is 0.529. The van der Waals surface area contributed by atoms with E-state index in [0.717, 1.165) is 12.8 Å². The second-order valence-corrected chi connectivity index (χ2v) is 6.51. The zero-order valence-electron chi connectivity index (χ0n) is 13.4. The van der Waals surface area contributed by atoms with Crippen LogP contribution >= 0.6 is 23.2 Å². The first-order chi connectivity index (χ1) is 11.1. The first-order valence-corrected chi connectivity index (χ1v) is 8.94. The number of hydrogen-bond acceptors (Lipinski definition) is 3. The number of benzene rings is 1. The molecule has 2 rings (SSSR count). The molecule has 23 heavy (non-hydrogen) atoms. The van der Waals surface area contributed by atoms with Gasteiger partial charge in [0.1, 0.15) is 0 Å². The van der Waals surface area contributed by atoms with Crippen molar-refractivity contribution in [1.29, 1.82) is 0 Å². The molecule has 0 atom stereocenters. The maximum absolute atomic E-state index is 12.4. The Hall–Kier alpha value is -1.26. The van der Waals surface area contributed by atoms with Gasteiger partial charge < -0.3 is 5.32 Å². The summed E-state index contributed by atoms with van der Waals surface area (Å²) >= 11 is 12.1. The Bertz CT molecular complexity index is 575. The van der Waals surface area contributed by atoms with Gasteiger partial charge in [0.25, 0.3) is 0 Å². The molecule has 1 aromatic carbocycles. The largest absolute Gasteiger partial charge is 0.325 e. The highest BCUT2D eigenvalue weighted by Gasteiger charge is 2.23. The van der Waals surface area contributed by atoms with Gasteiger partial charge in [-0.3, -0.25) is 14.7 Å². The summed E-state index contributed by atoms with van der Waals surface area (Å²) in [6.07, 6.45) is 6.26. The molecule has 1 N–H and O–H groups in total. The summed E-state index contributed by atoms with van der Waals surface area (Å²) < 4.78 is 0. The van der Waals surface area contributed by atoms with E-state index in [0.29, 0.717) is 41.2 Å². The van der Waals surface area contributed by atoms with Crippen molar-refractivity contribution in [1.82, 2.24) is 4.90 Å². The van der Waals surface area contributed by atoms with Crippen LogP contribution in [0.5, 0.6) is 0 Å². The van der Waals surface area contributed by atoms with Crippen molar-refractivity contribution in [3.8, 4) is 0 Å². The second kappa shape index (κ2) is 9.14. The van der Waals surface area contributed by atoms with Crippen molar-refractivity contribution < 1.29 is 4.79 Å². The fourth-order valence-corrected chi connectivity index (χ4v) is 2.98. The quantitative estimate of drug-likeness (QED) is 0.702. The van der Waals surface area contributed by atoms with Crippen LogP contribution in [0.25, 0.3) is 0 Å². The average Bonchev–Trinajstić information content (AvgIpc) is 2.98. The highest BCUT2D eigenvalue weighted by Crippen LogP contribution is 2.26. The SMILES string of the molecule is CCCCCCCC(=O)N1CCN=C1Nc1ccc(Cl)cc1Cl. The maximum Gasteiger partial charge on any atom is 0.229 e. The summed E-state index contributed by atoms with van der Waals surface area (Å²) in [5, 5.41) is 4.23. The summed E-state index contributed by atoms with van der Waals surface area (Å²) in [4.78, 5) is 18.5. The van der Waals surface area contributed by atoms with Crippen LogP contribution in [0.2, 0.25) is 10.0 Å². The Kier molecular flexibility index (Phi) is 7.18. The normalized spacial score (nSPS) is 14.0. The van der Waals surface area contributed by atoms with Crippen LogP contribution in [0, 0.1) is 0 Å². The lowest BCUT2D eigenvalue weighted by Gasteiger charge is -2.20. The fourth-order valence-electron chi connectivity index (χ4n) is 2.52. The summed E-state index contributed by atoms with van der Waals surface area (Å²) in [6, 6.07) is 5.21. The van der Waals surface area contributed by atoms with E-state index in [1.165, 1.54) is 19.3 Å². The highest BCUT2D eigenvalue weighted by molar-refractivity contribution is 6.36. The van der Waals surface area contributed by atoms with Crippen LogP contribution in [0.4, 0.5) is 5.69 Å². The molecule has 0 saturated heterocycles. The molecule has 0 saturated carbocycles. The van der Waals surface area contributed by atoms with Gasteiger partial charge in [0, 0.05) is 18.0 Å². The van der Waals surface area contributed by atoms with Crippen LogP contribution in [-0.4, -0.2) is 29.9 Å². The number of anilines is 1. The Morgan fingerprint density at radius 2 is 2.04 bits per heavy atom. The van der Waals surface area contributed by atoms with E-state index in [9.17, 15) is 4.79 Å². The summed E-state index contributed by atoms with van der Waals surface area (Å²) in [6.45, 7) is 3.43. The van der Waals surface area contributed by atoms with Gasteiger partial charge in [0.05, 0.1) is 17.3 Å². The number of aliphatic imine (C=N–C) groups is 1. The van der Waals surface area contributed by atoms with Crippen molar-refractivity contribution in [3.05, 3.63) is 28.2 Å². The molecule has 0 radical (unpaired) electrons. The van der Waals surface area contributed by atoms with Gasteiger partial charge in [-0.1, -0.05) is 55.8 Å². The Morgan fingerprint density at radius 1 is 1.26 bits per heavy atom. The van der Waals surface area contributed by atoms with Crippen LogP contribution in [-0.2, 0) is 4.79 Å². The van der Waals surface area contributed by atoms with E-state index in [-0.39, 0.29) is 5.91 Å². The minimum absolute atomic E-state index is 0.121. The molecule has 0 aliphatic carbocycles. The zero-order valence-corrected chi connectivity index (χ0v) is 15.0. The first-order valence-electron chi connectivity index (χ1n) is 8.18. The van der Waals surface area contributed by atoms with E-state index in [1.807, 2.05) is 0 Å². The molecule has 126 valence electrons. The van der Waals surface area contributed by atoms with E-state index >= 15 is 0 Å². The molecule has 4 nitrogen and oxygen atoms in total. The maximum atomic E-state index is 12.4. The number of nitrogens with one attached hydrogen (secondary N) is 1. The molecule has 6 heteroatoms. The van der Waals surface area contributed by atoms with E-state index in [2.05, 4.69) is 17.2 Å². The third-order valence-corrected chi connectivity index (χ3v) is 4.36. The van der Waals surface area contributed by atoms with Crippen molar-refractivity contribution in [2.75, 3.05) is 18.4 Å². The molecule has 0 unspecified atom stereocenters. The van der Waals surface area contributed by atoms with Gasteiger partial charge in [0.2, 0.25) is 11.9 Å². The Balaban J connectivity index is 1.88. The van der Waals surface area contributed by atoms with E-state index in [4.69, 9.17) is 23.2 Å². The lowest BCUT2D eigenvalue weighted by atomic mass is 10.1. The highest BCUT2D eigenvalue weighted by atomic mass is 35.5. The van der Waals surface area contributed by atoms with E-state index in [1.54, 1.807) is 23.1 Å². The minimum atomic E-state index is 0.121. The van der Waals surface area contributed by atoms with Gasteiger partial charge in [-0.15, -0.1) is 0 Å². The number of unbranched alkanes of at least 4 members (excludes halogenated alkanes) is 4. The number of halogens is 2. The zero-order chi connectivity index (χ0) is 16.7. The van der Waals surface area contributed by atoms with Crippen molar-refractivity contribution in [2.45, 2.75) is 45.4 Å². The van der Waals surface area contributed by atoms with Crippen LogP contribution in [0.15, 0.2) is 23.2 Å². The van der Waals surface area contributed by atoms with E-state index < -0.39 is 0 Å². The topological polar surface area (TPSA) is 44.7 Å². The molecular weight excluding hydrogens is 333 g/mol. The molecule has 0 fully saturated rings. The van der Waals surface area contributed by atoms with Gasteiger partial charge in [-0.05, 0) is 24.6 Å². The third-order valence-electron chi connectivity index (χ3n) is 3.81. The summed E-state index contributed by atoms with van der Waals surface area (Å²) in [5.74, 6) is 0.697. The predicted octanol–water partition coefficient (Wildman–Crippen LogP) is 4.96. The summed E-state index contributed by atoms with van der Waals surface area (Å²) in [5.41, 5.74) is 0.706. The van der Waals surface area contributed by atoms with Crippen molar-refractivity contribution >= 4 is 40.8 Å². The van der Waals surface area contributed by atoms with Crippen LogP contribution in [0.3, 0.4) is 0 Å². The number of amides is 1. The summed E-state index contributed by atoms with van der Waals surface area (Å²) in [7, 11) is 0. The number of hydrogen-bond donors (Lipinski definition) is 1. The smallest absolute Gasteiger partial charge is 0.229 e. The molecule has 0 spiro atoms. The van der Waals surface area contributed by atoms with Crippen molar-refractivity contribution in [3.63, 3.8) is 0 Å².